The number of alkyl halides is 3. The number of hydrogen-bond donors (Lipinski definition) is 1. The van der Waals surface area contributed by atoms with Crippen molar-refractivity contribution in [1.29, 1.82) is 0 Å². The number of aliphatic hydroxyl groups excluding tert-OH is 1. The Labute approximate surface area is 193 Å². The minimum atomic E-state index is -4.20. The van der Waals surface area contributed by atoms with Crippen LogP contribution in [0.15, 0.2) is 48.5 Å². The van der Waals surface area contributed by atoms with Gasteiger partial charge >= 0.3 is 6.18 Å². The first-order valence-electron chi connectivity index (χ1n) is 11.2. The highest BCUT2D eigenvalue weighted by Crippen LogP contribution is 2.28. The van der Waals surface area contributed by atoms with E-state index >= 15 is 0 Å². The van der Waals surface area contributed by atoms with E-state index in [1.165, 1.54) is 18.6 Å². The third-order valence-electron chi connectivity index (χ3n) is 6.07. The van der Waals surface area contributed by atoms with Crippen molar-refractivity contribution in [2.45, 2.75) is 57.3 Å². The Bertz CT molecular complexity index is 827. The molecule has 1 aliphatic rings. The average Bonchev–Trinajstić information content (AvgIpc) is 2.75. The Morgan fingerprint density at radius 2 is 1.78 bits per heavy atom. The topological polar surface area (TPSA) is 32.7 Å². The van der Waals surface area contributed by atoms with Crippen molar-refractivity contribution in [1.82, 2.24) is 4.90 Å². The van der Waals surface area contributed by atoms with Gasteiger partial charge in [0.15, 0.2) is 0 Å². The van der Waals surface area contributed by atoms with E-state index in [9.17, 15) is 18.3 Å². The number of aliphatic hydroxyl groups is 1. The minimum absolute atomic E-state index is 0.0684. The highest BCUT2D eigenvalue weighted by molar-refractivity contribution is 6.30. The van der Waals surface area contributed by atoms with Crippen molar-refractivity contribution in [3.05, 3.63) is 64.7 Å². The molecule has 1 saturated heterocycles. The summed E-state index contributed by atoms with van der Waals surface area (Å²) in [6, 6.07) is 13.8. The van der Waals surface area contributed by atoms with Crippen LogP contribution < -0.4 is 4.74 Å². The van der Waals surface area contributed by atoms with Gasteiger partial charge in [0.25, 0.3) is 0 Å². The fourth-order valence-corrected chi connectivity index (χ4v) is 4.46. The molecule has 0 amide bonds. The standard InChI is InChI=1S/C25H31ClF3NO2/c1-18(24(31)20-7-9-21(26)10-8-20)17-30-14-3-2-4-22(30)13-15-32-23-11-5-19(6-12-23)16-25(27,28)29/h5-12,18,22,24,31H,2-4,13-17H2,1H3. The molecule has 3 atom stereocenters. The molecule has 3 rings (SSSR count). The van der Waals surface area contributed by atoms with Gasteiger partial charge in [-0.3, -0.25) is 4.90 Å². The summed E-state index contributed by atoms with van der Waals surface area (Å²) in [5, 5.41) is 11.4. The number of piperidine rings is 1. The number of nitrogens with zero attached hydrogens (tertiary/aromatic N) is 1. The zero-order chi connectivity index (χ0) is 23.1. The van der Waals surface area contributed by atoms with Crippen LogP contribution in [0.25, 0.3) is 0 Å². The number of hydrogen-bond acceptors (Lipinski definition) is 3. The fourth-order valence-electron chi connectivity index (χ4n) is 4.33. The smallest absolute Gasteiger partial charge is 0.393 e. The van der Waals surface area contributed by atoms with Crippen LogP contribution in [0, 0.1) is 5.92 Å². The predicted octanol–water partition coefficient (Wildman–Crippen LogP) is 6.44. The van der Waals surface area contributed by atoms with Crippen LogP contribution in [0.2, 0.25) is 5.02 Å². The Morgan fingerprint density at radius 3 is 2.44 bits per heavy atom. The van der Waals surface area contributed by atoms with Crippen LogP contribution in [0.5, 0.6) is 5.75 Å². The number of benzene rings is 2. The summed E-state index contributed by atoms with van der Waals surface area (Å²) in [6.07, 6.45) is -1.45. The lowest BCUT2D eigenvalue weighted by Crippen LogP contribution is -2.43. The summed E-state index contributed by atoms with van der Waals surface area (Å²) < 4.78 is 43.3. The summed E-state index contributed by atoms with van der Waals surface area (Å²) >= 11 is 5.95. The molecule has 0 bridgehead atoms. The van der Waals surface area contributed by atoms with E-state index in [-0.39, 0.29) is 11.5 Å². The zero-order valence-corrected chi connectivity index (χ0v) is 19.1. The average molecular weight is 470 g/mol. The molecule has 3 nitrogen and oxygen atoms in total. The van der Waals surface area contributed by atoms with E-state index in [4.69, 9.17) is 16.3 Å². The lowest BCUT2D eigenvalue weighted by Gasteiger charge is -2.38. The third kappa shape index (κ3) is 7.68. The van der Waals surface area contributed by atoms with Crippen molar-refractivity contribution in [2.24, 2.45) is 5.92 Å². The molecule has 0 aliphatic carbocycles. The molecule has 0 radical (unpaired) electrons. The van der Waals surface area contributed by atoms with E-state index in [2.05, 4.69) is 11.8 Å². The van der Waals surface area contributed by atoms with Crippen molar-refractivity contribution < 1.29 is 23.0 Å². The monoisotopic (exact) mass is 469 g/mol. The lowest BCUT2D eigenvalue weighted by molar-refractivity contribution is -0.127. The second kappa shape index (κ2) is 11.4. The van der Waals surface area contributed by atoms with E-state index < -0.39 is 18.7 Å². The van der Waals surface area contributed by atoms with Gasteiger partial charge in [0, 0.05) is 17.6 Å². The van der Waals surface area contributed by atoms with Gasteiger partial charge in [0.1, 0.15) is 5.75 Å². The van der Waals surface area contributed by atoms with Crippen LogP contribution in [-0.2, 0) is 6.42 Å². The van der Waals surface area contributed by atoms with Crippen molar-refractivity contribution in [3.8, 4) is 5.75 Å². The highest BCUT2D eigenvalue weighted by atomic mass is 35.5. The third-order valence-corrected chi connectivity index (χ3v) is 6.32. The Morgan fingerprint density at radius 1 is 1.09 bits per heavy atom. The molecule has 0 saturated carbocycles. The first kappa shape index (κ1) is 24.9. The molecule has 2 aromatic carbocycles. The van der Waals surface area contributed by atoms with E-state index in [0.29, 0.717) is 23.4 Å². The van der Waals surface area contributed by atoms with Gasteiger partial charge in [-0.15, -0.1) is 0 Å². The van der Waals surface area contributed by atoms with Gasteiger partial charge in [-0.05, 0) is 67.1 Å². The Hall–Kier alpha value is -1.76. The SMILES string of the molecule is CC(CN1CCCCC1CCOc1ccc(CC(F)(F)F)cc1)C(O)c1ccc(Cl)cc1. The van der Waals surface area contributed by atoms with Crippen LogP contribution >= 0.6 is 11.6 Å². The van der Waals surface area contributed by atoms with E-state index in [1.807, 2.05) is 12.1 Å². The molecule has 2 aromatic rings. The lowest BCUT2D eigenvalue weighted by atomic mass is 9.93. The summed E-state index contributed by atoms with van der Waals surface area (Å²) in [5.74, 6) is 0.656. The van der Waals surface area contributed by atoms with Crippen molar-refractivity contribution in [3.63, 3.8) is 0 Å². The Kier molecular flexibility index (Phi) is 8.86. The first-order valence-corrected chi connectivity index (χ1v) is 11.5. The van der Waals surface area contributed by atoms with E-state index in [1.54, 1.807) is 24.3 Å². The number of rotatable bonds is 9. The summed E-state index contributed by atoms with van der Waals surface area (Å²) in [6.45, 7) is 4.35. The van der Waals surface area contributed by atoms with Gasteiger partial charge in [-0.2, -0.15) is 13.2 Å². The molecule has 3 unspecified atom stereocenters. The number of likely N-dealkylation sites (tertiary alicyclic amines) is 1. The van der Waals surface area contributed by atoms with E-state index in [0.717, 1.165) is 37.9 Å². The molecule has 7 heteroatoms. The minimum Gasteiger partial charge on any atom is -0.494 e. The molecular formula is C25H31ClF3NO2. The number of halogens is 4. The highest BCUT2D eigenvalue weighted by Gasteiger charge is 2.28. The molecule has 0 aromatic heterocycles. The second-order valence-electron chi connectivity index (χ2n) is 8.69. The van der Waals surface area contributed by atoms with Gasteiger partial charge < -0.3 is 9.84 Å². The summed E-state index contributed by atoms with van der Waals surface area (Å²) in [5.41, 5.74) is 1.10. The van der Waals surface area contributed by atoms with Gasteiger partial charge in [0.2, 0.25) is 0 Å². The quantitative estimate of drug-likeness (QED) is 0.459. The molecule has 1 heterocycles. The van der Waals surface area contributed by atoms with Crippen LogP contribution in [0.1, 0.15) is 49.8 Å². The summed E-state index contributed by atoms with van der Waals surface area (Å²) in [4.78, 5) is 2.43. The Balaban J connectivity index is 1.49. The molecule has 1 N–H and O–H groups in total. The van der Waals surface area contributed by atoms with Crippen LogP contribution in [-0.4, -0.2) is 41.9 Å². The van der Waals surface area contributed by atoms with Gasteiger partial charge in [-0.1, -0.05) is 49.2 Å². The van der Waals surface area contributed by atoms with Crippen molar-refractivity contribution >= 4 is 11.6 Å². The van der Waals surface area contributed by atoms with Crippen molar-refractivity contribution in [2.75, 3.05) is 19.7 Å². The van der Waals surface area contributed by atoms with Crippen LogP contribution in [0.4, 0.5) is 13.2 Å². The maximum absolute atomic E-state index is 12.5. The molecule has 176 valence electrons. The maximum Gasteiger partial charge on any atom is 0.393 e. The second-order valence-corrected chi connectivity index (χ2v) is 9.13. The molecule has 1 fully saturated rings. The normalized spacial score (nSPS) is 19.5. The largest absolute Gasteiger partial charge is 0.494 e. The van der Waals surface area contributed by atoms with Crippen LogP contribution in [0.3, 0.4) is 0 Å². The number of ether oxygens (including phenoxy) is 1. The van der Waals surface area contributed by atoms with Gasteiger partial charge in [0.05, 0.1) is 19.1 Å². The predicted molar refractivity (Wildman–Crippen MR) is 121 cm³/mol. The molecular weight excluding hydrogens is 439 g/mol. The molecule has 0 spiro atoms. The first-order chi connectivity index (χ1) is 15.2. The maximum atomic E-state index is 12.5. The fraction of sp³-hybridized carbons (Fsp3) is 0.520. The van der Waals surface area contributed by atoms with Gasteiger partial charge in [-0.25, -0.2) is 0 Å². The molecule has 1 aliphatic heterocycles. The molecule has 32 heavy (non-hydrogen) atoms. The zero-order valence-electron chi connectivity index (χ0n) is 18.3. The summed E-state index contributed by atoms with van der Waals surface area (Å²) in [7, 11) is 0.